The van der Waals surface area contributed by atoms with Crippen LogP contribution in [-0.2, 0) is 11.3 Å². The van der Waals surface area contributed by atoms with Gasteiger partial charge in [-0.25, -0.2) is 4.79 Å². The molecule has 100 valence electrons. The molecule has 1 aromatic rings. The van der Waals surface area contributed by atoms with Gasteiger partial charge in [0.05, 0.1) is 12.6 Å². The van der Waals surface area contributed by atoms with Crippen molar-refractivity contribution in [3.05, 3.63) is 12.4 Å². The summed E-state index contributed by atoms with van der Waals surface area (Å²) in [5, 5.41) is 18.7. The summed E-state index contributed by atoms with van der Waals surface area (Å²) < 4.78 is 1.68. The van der Waals surface area contributed by atoms with E-state index < -0.39 is 5.97 Å². The Labute approximate surface area is 105 Å². The van der Waals surface area contributed by atoms with Crippen molar-refractivity contribution >= 4 is 12.0 Å². The van der Waals surface area contributed by atoms with Crippen LogP contribution in [0.2, 0.25) is 0 Å². The van der Waals surface area contributed by atoms with Gasteiger partial charge in [0.1, 0.15) is 0 Å². The van der Waals surface area contributed by atoms with Gasteiger partial charge in [-0.3, -0.25) is 9.48 Å². The molecule has 0 saturated heterocycles. The highest BCUT2D eigenvalue weighted by atomic mass is 16.4. The summed E-state index contributed by atoms with van der Waals surface area (Å²) in [4.78, 5) is 23.2. The van der Waals surface area contributed by atoms with Crippen molar-refractivity contribution < 1.29 is 14.7 Å². The van der Waals surface area contributed by atoms with E-state index in [4.69, 9.17) is 5.11 Å². The van der Waals surface area contributed by atoms with Gasteiger partial charge in [-0.1, -0.05) is 5.21 Å². The predicted octanol–water partition coefficient (Wildman–Crippen LogP) is -0.216. The summed E-state index contributed by atoms with van der Waals surface area (Å²) in [6.07, 6.45) is 4.03. The second-order valence-electron chi connectivity index (χ2n) is 3.82. The number of urea groups is 1. The predicted molar refractivity (Wildman–Crippen MR) is 62.9 cm³/mol. The van der Waals surface area contributed by atoms with Crippen molar-refractivity contribution in [2.45, 2.75) is 19.4 Å². The lowest BCUT2D eigenvalue weighted by Crippen LogP contribution is -2.39. The molecule has 0 unspecified atom stereocenters. The normalized spacial score (nSPS) is 10.1. The maximum atomic E-state index is 11.5. The lowest BCUT2D eigenvalue weighted by Gasteiger charge is -2.16. The molecule has 8 nitrogen and oxygen atoms in total. The zero-order valence-corrected chi connectivity index (χ0v) is 10.2. The van der Waals surface area contributed by atoms with Crippen LogP contribution in [0.15, 0.2) is 12.4 Å². The number of carboxylic acid groups (broad SMARTS) is 1. The first kappa shape index (κ1) is 13.9. The molecular weight excluding hydrogens is 238 g/mol. The molecule has 0 radical (unpaired) electrons. The molecule has 0 aliphatic carbocycles. The molecule has 1 aromatic heterocycles. The number of nitrogens with one attached hydrogen (secondary N) is 1. The molecule has 18 heavy (non-hydrogen) atoms. The number of aryl methyl sites for hydroxylation is 1. The molecular formula is C10H17N5O3. The number of nitrogens with zero attached hydrogens (tertiary/aromatic N) is 4. The van der Waals surface area contributed by atoms with E-state index >= 15 is 0 Å². The minimum absolute atomic E-state index is 0.0527. The number of carbonyl (C=O) groups is 2. The van der Waals surface area contributed by atoms with E-state index in [1.807, 2.05) is 0 Å². The number of carbonyl (C=O) groups excluding carboxylic acids is 1. The quantitative estimate of drug-likeness (QED) is 0.656. The first-order valence-electron chi connectivity index (χ1n) is 5.64. The van der Waals surface area contributed by atoms with E-state index in [2.05, 4.69) is 15.6 Å². The highest BCUT2D eigenvalue weighted by Gasteiger charge is 2.08. The Bertz CT molecular complexity index is 379. The van der Waals surface area contributed by atoms with Gasteiger partial charge in [0, 0.05) is 32.9 Å². The molecule has 2 amide bonds. The smallest absolute Gasteiger partial charge is 0.317 e. The number of hydrogen-bond donors (Lipinski definition) is 2. The average molecular weight is 255 g/mol. The third-order valence-electron chi connectivity index (χ3n) is 2.32. The molecule has 0 aliphatic heterocycles. The van der Waals surface area contributed by atoms with E-state index in [9.17, 15) is 9.59 Å². The van der Waals surface area contributed by atoms with E-state index in [1.54, 1.807) is 24.1 Å². The Morgan fingerprint density at radius 2 is 2.28 bits per heavy atom. The van der Waals surface area contributed by atoms with Crippen LogP contribution >= 0.6 is 0 Å². The van der Waals surface area contributed by atoms with Gasteiger partial charge >= 0.3 is 12.0 Å². The van der Waals surface area contributed by atoms with Crippen LogP contribution in [0.3, 0.4) is 0 Å². The summed E-state index contributed by atoms with van der Waals surface area (Å²) in [5.41, 5.74) is 0. The molecule has 8 heteroatoms. The summed E-state index contributed by atoms with van der Waals surface area (Å²) >= 11 is 0. The van der Waals surface area contributed by atoms with Crippen molar-refractivity contribution in [3.8, 4) is 0 Å². The third-order valence-corrected chi connectivity index (χ3v) is 2.32. The molecule has 0 spiro atoms. The van der Waals surface area contributed by atoms with Gasteiger partial charge in [0.2, 0.25) is 0 Å². The molecule has 1 heterocycles. The highest BCUT2D eigenvalue weighted by Crippen LogP contribution is 1.90. The number of rotatable bonds is 7. The molecule has 2 N–H and O–H groups in total. The monoisotopic (exact) mass is 255 g/mol. The Kier molecular flexibility index (Phi) is 5.62. The molecule has 0 saturated carbocycles. The van der Waals surface area contributed by atoms with Crippen molar-refractivity contribution in [1.29, 1.82) is 0 Å². The largest absolute Gasteiger partial charge is 0.481 e. The summed E-state index contributed by atoms with van der Waals surface area (Å²) in [6.45, 7) is 1.39. The van der Waals surface area contributed by atoms with Crippen LogP contribution in [0.5, 0.6) is 0 Å². The first-order chi connectivity index (χ1) is 8.59. The van der Waals surface area contributed by atoms with Gasteiger partial charge in [-0.15, -0.1) is 5.10 Å². The standard InChI is InChI=1S/C10H17N5O3/c1-14(7-3-9(16)17)10(18)11-4-2-6-15-8-5-12-13-15/h5,8H,2-4,6-7H2,1H3,(H,11,18)(H,16,17). The number of hydrogen-bond acceptors (Lipinski definition) is 4. The minimum Gasteiger partial charge on any atom is -0.481 e. The maximum Gasteiger partial charge on any atom is 0.317 e. The SMILES string of the molecule is CN(CCC(=O)O)C(=O)NCCCn1ccnn1. The third kappa shape index (κ3) is 5.28. The van der Waals surface area contributed by atoms with Crippen LogP contribution < -0.4 is 5.32 Å². The summed E-state index contributed by atoms with van der Waals surface area (Å²) in [5.74, 6) is -0.916. The summed E-state index contributed by atoms with van der Waals surface area (Å²) in [6, 6.07) is -0.269. The van der Waals surface area contributed by atoms with Crippen molar-refractivity contribution in [1.82, 2.24) is 25.2 Å². The van der Waals surface area contributed by atoms with Gasteiger partial charge in [0.25, 0.3) is 0 Å². The van der Waals surface area contributed by atoms with E-state index in [0.29, 0.717) is 13.1 Å². The van der Waals surface area contributed by atoms with E-state index in [-0.39, 0.29) is 19.0 Å². The Morgan fingerprint density at radius 3 is 2.89 bits per heavy atom. The van der Waals surface area contributed by atoms with Crippen LogP contribution in [0.25, 0.3) is 0 Å². The zero-order valence-electron chi connectivity index (χ0n) is 10.2. The fraction of sp³-hybridized carbons (Fsp3) is 0.600. The molecule has 0 fully saturated rings. The fourth-order valence-electron chi connectivity index (χ4n) is 1.29. The van der Waals surface area contributed by atoms with Gasteiger partial charge in [0.15, 0.2) is 0 Å². The van der Waals surface area contributed by atoms with Crippen molar-refractivity contribution in [2.75, 3.05) is 20.1 Å². The first-order valence-corrected chi connectivity index (χ1v) is 5.64. The van der Waals surface area contributed by atoms with Crippen molar-refractivity contribution in [3.63, 3.8) is 0 Å². The lowest BCUT2D eigenvalue weighted by atomic mass is 10.4. The minimum atomic E-state index is -0.916. The number of carboxylic acids is 1. The van der Waals surface area contributed by atoms with Gasteiger partial charge < -0.3 is 15.3 Å². The number of aliphatic carboxylic acids is 1. The topological polar surface area (TPSA) is 100 Å². The van der Waals surface area contributed by atoms with Crippen LogP contribution in [0.1, 0.15) is 12.8 Å². The fourth-order valence-corrected chi connectivity index (χ4v) is 1.29. The average Bonchev–Trinajstić information content (AvgIpc) is 2.84. The van der Waals surface area contributed by atoms with Crippen LogP contribution in [-0.4, -0.2) is 57.1 Å². The molecule has 0 aromatic carbocycles. The van der Waals surface area contributed by atoms with Gasteiger partial charge in [-0.05, 0) is 6.42 Å². The molecule has 0 atom stereocenters. The molecule has 0 aliphatic rings. The Balaban J connectivity index is 2.10. The lowest BCUT2D eigenvalue weighted by molar-refractivity contribution is -0.137. The molecule has 0 bridgehead atoms. The van der Waals surface area contributed by atoms with E-state index in [0.717, 1.165) is 6.42 Å². The summed E-state index contributed by atoms with van der Waals surface area (Å²) in [7, 11) is 1.57. The highest BCUT2D eigenvalue weighted by molar-refractivity contribution is 5.74. The van der Waals surface area contributed by atoms with Crippen LogP contribution in [0, 0.1) is 0 Å². The maximum absolute atomic E-state index is 11.5. The number of amides is 2. The van der Waals surface area contributed by atoms with Gasteiger partial charge in [-0.2, -0.15) is 0 Å². The second-order valence-corrected chi connectivity index (χ2v) is 3.82. The zero-order chi connectivity index (χ0) is 13.4. The van der Waals surface area contributed by atoms with E-state index in [1.165, 1.54) is 4.90 Å². The Morgan fingerprint density at radius 1 is 1.50 bits per heavy atom. The Hall–Kier alpha value is -2.12. The number of aromatic nitrogens is 3. The van der Waals surface area contributed by atoms with Crippen molar-refractivity contribution in [2.24, 2.45) is 0 Å². The van der Waals surface area contributed by atoms with Crippen LogP contribution in [0.4, 0.5) is 4.79 Å². The second kappa shape index (κ2) is 7.25. The molecule has 1 rings (SSSR count).